The lowest BCUT2D eigenvalue weighted by molar-refractivity contribution is -0.0690. The Labute approximate surface area is 63.9 Å². The van der Waals surface area contributed by atoms with Crippen LogP contribution < -0.4 is 0 Å². The van der Waals surface area contributed by atoms with Crippen LogP contribution in [0.15, 0.2) is 0 Å². The number of rotatable bonds is 2. The Kier molecular flexibility index (Phi) is 2.68. The molecule has 0 aliphatic heterocycles. The van der Waals surface area contributed by atoms with Crippen molar-refractivity contribution in [2.75, 3.05) is 0 Å². The van der Waals surface area contributed by atoms with Crippen molar-refractivity contribution < 1.29 is 10.2 Å². The summed E-state index contributed by atoms with van der Waals surface area (Å²) in [7, 11) is -1.45. The zero-order valence-corrected chi connectivity index (χ0v) is 8.47. The Balaban J connectivity index is 4.40. The molecule has 0 atom stereocenters. The van der Waals surface area contributed by atoms with Gasteiger partial charge in [0.05, 0.1) is 8.07 Å². The summed E-state index contributed by atoms with van der Waals surface area (Å²) in [6.45, 7) is 10.2. The van der Waals surface area contributed by atoms with Gasteiger partial charge in [-0.15, -0.1) is 0 Å². The van der Waals surface area contributed by atoms with Crippen LogP contribution in [-0.2, 0) is 0 Å². The summed E-state index contributed by atoms with van der Waals surface area (Å²) in [5.74, 6) is 0. The van der Waals surface area contributed by atoms with Crippen LogP contribution in [-0.4, -0.2) is 24.6 Å². The number of aliphatic hydroxyl groups excluding tert-OH is 1. The van der Waals surface area contributed by atoms with Gasteiger partial charge in [-0.2, -0.15) is 0 Å². The first kappa shape index (κ1) is 10.1. The van der Waals surface area contributed by atoms with Crippen molar-refractivity contribution in [1.29, 1.82) is 0 Å². The van der Waals surface area contributed by atoms with Crippen molar-refractivity contribution in [3.63, 3.8) is 0 Å². The SMILES string of the molecule is CC(C)(C(O)O)[Si](C)(C)C. The van der Waals surface area contributed by atoms with Crippen molar-refractivity contribution in [3.8, 4) is 0 Å². The van der Waals surface area contributed by atoms with Crippen LogP contribution in [0.25, 0.3) is 0 Å². The van der Waals surface area contributed by atoms with Gasteiger partial charge < -0.3 is 10.2 Å². The van der Waals surface area contributed by atoms with Gasteiger partial charge in [0, 0.05) is 5.04 Å². The molecule has 0 fully saturated rings. The monoisotopic (exact) mass is 162 g/mol. The van der Waals surface area contributed by atoms with Gasteiger partial charge >= 0.3 is 0 Å². The summed E-state index contributed by atoms with van der Waals surface area (Å²) in [5, 5.41) is 17.7. The van der Waals surface area contributed by atoms with Crippen LogP contribution >= 0.6 is 0 Å². The standard InChI is InChI=1S/C7H18O2Si/c1-7(2,6(8)9)10(3,4)5/h6,8-9H,1-5H3. The summed E-state index contributed by atoms with van der Waals surface area (Å²) >= 11 is 0. The van der Waals surface area contributed by atoms with Gasteiger partial charge in [-0.25, -0.2) is 0 Å². The molecule has 0 saturated carbocycles. The van der Waals surface area contributed by atoms with E-state index in [-0.39, 0.29) is 5.04 Å². The van der Waals surface area contributed by atoms with Crippen LogP contribution in [0.2, 0.25) is 24.7 Å². The maximum absolute atomic E-state index is 9.01. The Hall–Kier alpha value is 0.137. The summed E-state index contributed by atoms with van der Waals surface area (Å²) in [5.41, 5.74) is 0. The number of hydrogen-bond donors (Lipinski definition) is 2. The third-order valence-electron chi connectivity index (χ3n) is 2.58. The third kappa shape index (κ3) is 1.81. The lowest BCUT2D eigenvalue weighted by Gasteiger charge is -2.38. The lowest BCUT2D eigenvalue weighted by Crippen LogP contribution is -2.43. The van der Waals surface area contributed by atoms with Crippen LogP contribution in [0.1, 0.15) is 13.8 Å². The summed E-state index contributed by atoms with van der Waals surface area (Å²) in [6, 6.07) is 0. The molecule has 0 aromatic carbocycles. The molecular formula is C7H18O2Si. The molecule has 0 unspecified atom stereocenters. The topological polar surface area (TPSA) is 40.5 Å². The zero-order valence-electron chi connectivity index (χ0n) is 7.47. The Morgan fingerprint density at radius 1 is 1.10 bits per heavy atom. The largest absolute Gasteiger partial charge is 0.368 e. The smallest absolute Gasteiger partial charge is 0.154 e. The number of aliphatic hydroxyl groups is 2. The molecular weight excluding hydrogens is 144 g/mol. The van der Waals surface area contributed by atoms with Crippen molar-refractivity contribution in [3.05, 3.63) is 0 Å². The summed E-state index contributed by atoms with van der Waals surface area (Å²) in [4.78, 5) is 0. The molecule has 2 nitrogen and oxygen atoms in total. The molecule has 0 spiro atoms. The van der Waals surface area contributed by atoms with Crippen molar-refractivity contribution in [1.82, 2.24) is 0 Å². The molecule has 0 rings (SSSR count). The van der Waals surface area contributed by atoms with Crippen molar-refractivity contribution >= 4 is 8.07 Å². The molecule has 2 N–H and O–H groups in total. The third-order valence-corrected chi connectivity index (χ3v) is 6.70. The number of hydrogen-bond acceptors (Lipinski definition) is 2. The van der Waals surface area contributed by atoms with E-state index >= 15 is 0 Å². The second-order valence-electron chi connectivity index (χ2n) is 4.35. The highest BCUT2D eigenvalue weighted by Gasteiger charge is 2.39. The molecule has 0 bridgehead atoms. The van der Waals surface area contributed by atoms with E-state index in [1.807, 2.05) is 13.8 Å². The molecule has 10 heavy (non-hydrogen) atoms. The first-order chi connectivity index (χ1) is 4.19. The van der Waals surface area contributed by atoms with E-state index in [2.05, 4.69) is 19.6 Å². The average molecular weight is 162 g/mol. The lowest BCUT2D eigenvalue weighted by atomic mass is 10.2. The van der Waals surface area contributed by atoms with E-state index in [0.717, 1.165) is 0 Å². The minimum atomic E-state index is -1.45. The minimum Gasteiger partial charge on any atom is -0.368 e. The van der Waals surface area contributed by atoms with Gasteiger partial charge in [0.15, 0.2) is 6.29 Å². The van der Waals surface area contributed by atoms with E-state index in [1.54, 1.807) is 0 Å². The van der Waals surface area contributed by atoms with Gasteiger partial charge in [-0.3, -0.25) is 0 Å². The molecule has 0 heterocycles. The Morgan fingerprint density at radius 3 is 1.40 bits per heavy atom. The van der Waals surface area contributed by atoms with Gasteiger partial charge in [0.25, 0.3) is 0 Å². The average Bonchev–Trinajstić information content (AvgIpc) is 1.62. The highest BCUT2D eigenvalue weighted by atomic mass is 28.3. The van der Waals surface area contributed by atoms with Crippen LogP contribution in [0.5, 0.6) is 0 Å². The highest BCUT2D eigenvalue weighted by Crippen LogP contribution is 2.39. The van der Waals surface area contributed by atoms with E-state index in [9.17, 15) is 0 Å². The molecule has 0 saturated heterocycles. The fraction of sp³-hybridized carbons (Fsp3) is 1.00. The molecule has 0 aliphatic carbocycles. The molecule has 0 aromatic heterocycles. The minimum absolute atomic E-state index is 0.312. The second-order valence-corrected chi connectivity index (χ2v) is 10.1. The quantitative estimate of drug-likeness (QED) is 0.476. The van der Waals surface area contributed by atoms with Gasteiger partial charge in [0.2, 0.25) is 0 Å². The molecule has 0 aliphatic rings. The van der Waals surface area contributed by atoms with Gasteiger partial charge in [-0.05, 0) is 0 Å². The van der Waals surface area contributed by atoms with E-state index in [1.165, 1.54) is 0 Å². The summed E-state index contributed by atoms with van der Waals surface area (Å²) < 4.78 is 0. The molecule has 0 aromatic rings. The van der Waals surface area contributed by atoms with Crippen molar-refractivity contribution in [2.24, 2.45) is 0 Å². The predicted molar refractivity (Wildman–Crippen MR) is 45.6 cm³/mol. The molecule has 0 radical (unpaired) electrons. The molecule has 0 amide bonds. The highest BCUT2D eigenvalue weighted by molar-refractivity contribution is 6.79. The fourth-order valence-electron chi connectivity index (χ4n) is 0.387. The van der Waals surface area contributed by atoms with E-state index in [4.69, 9.17) is 10.2 Å². The van der Waals surface area contributed by atoms with E-state index < -0.39 is 14.4 Å². The molecule has 3 heteroatoms. The maximum atomic E-state index is 9.01. The van der Waals surface area contributed by atoms with Crippen LogP contribution in [0.3, 0.4) is 0 Å². The van der Waals surface area contributed by atoms with Gasteiger partial charge in [-0.1, -0.05) is 33.5 Å². The van der Waals surface area contributed by atoms with Crippen molar-refractivity contribution in [2.45, 2.75) is 44.8 Å². The first-order valence-electron chi connectivity index (χ1n) is 3.56. The summed E-state index contributed by atoms with van der Waals surface area (Å²) in [6.07, 6.45) is -1.18. The van der Waals surface area contributed by atoms with Crippen LogP contribution in [0, 0.1) is 0 Å². The first-order valence-corrected chi connectivity index (χ1v) is 7.06. The normalized spacial score (nSPS) is 14.4. The van der Waals surface area contributed by atoms with Crippen LogP contribution in [0.4, 0.5) is 0 Å². The van der Waals surface area contributed by atoms with Gasteiger partial charge in [0.1, 0.15) is 0 Å². The van der Waals surface area contributed by atoms with E-state index in [0.29, 0.717) is 0 Å². The fourth-order valence-corrected chi connectivity index (χ4v) is 1.16. The Bertz CT molecular complexity index is 113. The maximum Gasteiger partial charge on any atom is 0.154 e. The Morgan fingerprint density at radius 2 is 1.40 bits per heavy atom. The zero-order chi connectivity index (χ0) is 8.58. The second kappa shape index (κ2) is 2.64. The molecule has 62 valence electrons. The predicted octanol–water partition coefficient (Wildman–Crippen LogP) is 1.42.